The molecule has 2 nitrogen and oxygen atoms in total. The molecule has 286 valence electrons. The average molecular weight is 706 g/mol. The molecule has 0 saturated heterocycles. The Kier molecular flexibility index (Phi) is 24.4. The smallest absolute Gasteiger partial charge is 0.169 e. The van der Waals surface area contributed by atoms with Crippen molar-refractivity contribution in [2.45, 2.75) is 168 Å². The van der Waals surface area contributed by atoms with Gasteiger partial charge in [-0.2, -0.15) is 0 Å². The van der Waals surface area contributed by atoms with Crippen molar-refractivity contribution in [1.82, 2.24) is 0 Å². The van der Waals surface area contributed by atoms with Crippen LogP contribution in [0.25, 0.3) is 24.3 Å². The summed E-state index contributed by atoms with van der Waals surface area (Å²) in [5, 5.41) is 0. The maximum atomic E-state index is 2.68. The first-order chi connectivity index (χ1) is 25.7. The first kappa shape index (κ1) is 43.3. The number of aryl methyl sites for hydroxylation is 1. The van der Waals surface area contributed by atoms with Crippen molar-refractivity contribution in [2.24, 2.45) is 7.05 Å². The standard InChI is InChI=1S/C50H77N2/c1-4-6-8-10-12-14-16-18-20-22-24-26-42-52(43-27-25-23-21-19-17-15-13-11-9-7-5-2)50-38-36-48(37-39-50)33-32-46-28-30-47(31-29-46)34-35-49-40-44-51(3)45-41-49/h28-41,44-45H,4-27,42-43H2,1-3H3/q+1. The summed E-state index contributed by atoms with van der Waals surface area (Å²) < 4.78 is 2.06. The highest BCUT2D eigenvalue weighted by molar-refractivity contribution is 5.73. The third kappa shape index (κ3) is 20.8. The molecule has 1 heterocycles. The second-order valence-corrected chi connectivity index (χ2v) is 15.5. The molecule has 0 atom stereocenters. The van der Waals surface area contributed by atoms with Gasteiger partial charge in [-0.25, -0.2) is 4.57 Å². The Labute approximate surface area is 321 Å². The van der Waals surface area contributed by atoms with Crippen molar-refractivity contribution in [3.63, 3.8) is 0 Å². The van der Waals surface area contributed by atoms with Crippen LogP contribution >= 0.6 is 0 Å². The Bertz CT molecular complexity index is 1270. The number of hydrogen-bond donors (Lipinski definition) is 0. The molecule has 0 aliphatic carbocycles. The third-order valence-electron chi connectivity index (χ3n) is 10.7. The van der Waals surface area contributed by atoms with Crippen molar-refractivity contribution in [2.75, 3.05) is 18.0 Å². The van der Waals surface area contributed by atoms with E-state index in [1.165, 1.54) is 195 Å². The largest absolute Gasteiger partial charge is 0.372 e. The first-order valence-corrected chi connectivity index (χ1v) is 21.9. The molecule has 0 aliphatic rings. The van der Waals surface area contributed by atoms with Crippen LogP contribution in [0.4, 0.5) is 5.69 Å². The fourth-order valence-corrected chi connectivity index (χ4v) is 7.18. The molecule has 2 heteroatoms. The summed E-state index contributed by atoms with van der Waals surface area (Å²) in [6.45, 7) is 6.99. The summed E-state index contributed by atoms with van der Waals surface area (Å²) in [4.78, 5) is 2.68. The number of anilines is 1. The van der Waals surface area contributed by atoms with Crippen LogP contribution in [0.5, 0.6) is 0 Å². The van der Waals surface area contributed by atoms with Crippen molar-refractivity contribution in [1.29, 1.82) is 0 Å². The lowest BCUT2D eigenvalue weighted by molar-refractivity contribution is -0.671. The zero-order valence-corrected chi connectivity index (χ0v) is 34.0. The third-order valence-corrected chi connectivity index (χ3v) is 10.7. The van der Waals surface area contributed by atoms with E-state index in [2.05, 4.69) is 121 Å². The van der Waals surface area contributed by atoms with Crippen molar-refractivity contribution >= 4 is 30.0 Å². The van der Waals surface area contributed by atoms with Gasteiger partial charge in [0.15, 0.2) is 12.4 Å². The van der Waals surface area contributed by atoms with E-state index in [0.29, 0.717) is 0 Å². The summed E-state index contributed by atoms with van der Waals surface area (Å²) in [5.41, 5.74) is 6.32. The Balaban J connectivity index is 1.42. The van der Waals surface area contributed by atoms with Gasteiger partial charge in [0.1, 0.15) is 7.05 Å². The summed E-state index contributed by atoms with van der Waals surface area (Å²) in [6.07, 6.45) is 46.8. The first-order valence-electron chi connectivity index (χ1n) is 21.9. The van der Waals surface area contributed by atoms with Gasteiger partial charge in [0.2, 0.25) is 0 Å². The monoisotopic (exact) mass is 706 g/mol. The summed E-state index contributed by atoms with van der Waals surface area (Å²) in [7, 11) is 2.05. The maximum absolute atomic E-state index is 2.68. The molecule has 0 unspecified atom stereocenters. The number of unbranched alkanes of at least 4 members (excludes halogenated alkanes) is 22. The van der Waals surface area contributed by atoms with Gasteiger partial charge in [-0.05, 0) is 47.2 Å². The molecular weight excluding hydrogens is 629 g/mol. The van der Waals surface area contributed by atoms with Crippen LogP contribution in [0.1, 0.15) is 190 Å². The van der Waals surface area contributed by atoms with Gasteiger partial charge in [-0.3, -0.25) is 0 Å². The summed E-state index contributed by atoms with van der Waals surface area (Å²) in [5.74, 6) is 0. The molecule has 0 spiro atoms. The number of aromatic nitrogens is 1. The highest BCUT2D eigenvalue weighted by atomic mass is 15.1. The predicted molar refractivity (Wildman–Crippen MR) is 233 cm³/mol. The van der Waals surface area contributed by atoms with Crippen LogP contribution in [-0.2, 0) is 7.05 Å². The predicted octanol–water partition coefficient (Wildman–Crippen LogP) is 15.1. The Morgan fingerprint density at radius 3 is 0.962 bits per heavy atom. The molecular formula is C50H77N2+. The molecule has 2 aromatic carbocycles. The van der Waals surface area contributed by atoms with Gasteiger partial charge in [0.05, 0.1) is 0 Å². The minimum Gasteiger partial charge on any atom is -0.372 e. The molecule has 0 radical (unpaired) electrons. The molecule has 0 N–H and O–H groups in total. The van der Waals surface area contributed by atoms with Crippen LogP contribution in [0, 0.1) is 0 Å². The van der Waals surface area contributed by atoms with Gasteiger partial charge in [0, 0.05) is 30.9 Å². The lowest BCUT2D eigenvalue weighted by Gasteiger charge is -2.25. The van der Waals surface area contributed by atoms with E-state index in [0.717, 1.165) is 0 Å². The Hall–Kier alpha value is -3.13. The minimum atomic E-state index is 1.19. The lowest BCUT2D eigenvalue weighted by atomic mass is 10.0. The highest BCUT2D eigenvalue weighted by Crippen LogP contribution is 2.21. The van der Waals surface area contributed by atoms with Gasteiger partial charge < -0.3 is 4.90 Å². The fourth-order valence-electron chi connectivity index (χ4n) is 7.18. The quantitative estimate of drug-likeness (QED) is 0.0367. The fraction of sp³-hybridized carbons (Fsp3) is 0.580. The van der Waals surface area contributed by atoms with Crippen molar-refractivity contribution in [3.8, 4) is 0 Å². The van der Waals surface area contributed by atoms with Gasteiger partial charge in [-0.1, -0.05) is 216 Å². The molecule has 0 saturated carbocycles. The topological polar surface area (TPSA) is 7.12 Å². The van der Waals surface area contributed by atoms with E-state index in [-0.39, 0.29) is 0 Å². The zero-order chi connectivity index (χ0) is 36.7. The second-order valence-electron chi connectivity index (χ2n) is 15.5. The molecule has 0 amide bonds. The van der Waals surface area contributed by atoms with Crippen LogP contribution in [0.15, 0.2) is 73.1 Å². The molecule has 0 aliphatic heterocycles. The van der Waals surface area contributed by atoms with Gasteiger partial charge in [-0.15, -0.1) is 0 Å². The van der Waals surface area contributed by atoms with Gasteiger partial charge in [0.25, 0.3) is 0 Å². The minimum absolute atomic E-state index is 1.19. The van der Waals surface area contributed by atoms with E-state index in [4.69, 9.17) is 0 Å². The molecule has 1 aromatic heterocycles. The van der Waals surface area contributed by atoms with E-state index in [1.54, 1.807) is 0 Å². The molecule has 0 bridgehead atoms. The van der Waals surface area contributed by atoms with E-state index < -0.39 is 0 Å². The zero-order valence-electron chi connectivity index (χ0n) is 34.0. The maximum Gasteiger partial charge on any atom is 0.169 e. The molecule has 52 heavy (non-hydrogen) atoms. The van der Waals surface area contributed by atoms with Crippen LogP contribution in [0.3, 0.4) is 0 Å². The van der Waals surface area contributed by atoms with Crippen molar-refractivity contribution in [3.05, 3.63) is 95.3 Å². The number of hydrogen-bond acceptors (Lipinski definition) is 1. The Morgan fingerprint density at radius 2 is 0.635 bits per heavy atom. The normalized spacial score (nSPS) is 11.7. The van der Waals surface area contributed by atoms with Gasteiger partial charge >= 0.3 is 0 Å². The number of nitrogens with zero attached hydrogens (tertiary/aromatic N) is 2. The SMILES string of the molecule is CCCCCCCCCCCCCCN(CCCCCCCCCCCCCC)c1ccc(C=Cc2ccc(C=Cc3cc[n+](C)cc3)cc2)cc1. The van der Waals surface area contributed by atoms with Crippen LogP contribution < -0.4 is 9.47 Å². The summed E-state index contributed by atoms with van der Waals surface area (Å²) >= 11 is 0. The molecule has 3 rings (SSSR count). The second kappa shape index (κ2) is 29.3. The average Bonchev–Trinajstić information content (AvgIpc) is 3.17. The van der Waals surface area contributed by atoms with Crippen molar-refractivity contribution < 1.29 is 4.57 Å². The number of pyridine rings is 1. The van der Waals surface area contributed by atoms with E-state index in [1.807, 2.05) is 7.05 Å². The van der Waals surface area contributed by atoms with E-state index >= 15 is 0 Å². The number of benzene rings is 2. The molecule has 3 aromatic rings. The van der Waals surface area contributed by atoms with Crippen LogP contribution in [-0.4, -0.2) is 13.1 Å². The highest BCUT2D eigenvalue weighted by Gasteiger charge is 2.07. The van der Waals surface area contributed by atoms with Crippen LogP contribution in [0.2, 0.25) is 0 Å². The Morgan fingerprint density at radius 1 is 0.365 bits per heavy atom. The lowest BCUT2D eigenvalue weighted by Crippen LogP contribution is -2.25. The van der Waals surface area contributed by atoms with E-state index in [9.17, 15) is 0 Å². The number of rotatable bonds is 31. The summed E-state index contributed by atoms with van der Waals surface area (Å²) in [6, 6.07) is 22.4. The molecule has 0 fully saturated rings.